The molecule has 0 atom stereocenters. The number of fused-ring (bicyclic) bond motifs is 1. The van der Waals surface area contributed by atoms with Crippen LogP contribution in [0.15, 0.2) is 12.1 Å². The molecular weight excluding hydrogens is 296 g/mol. The van der Waals surface area contributed by atoms with E-state index >= 15 is 0 Å². The largest absolute Gasteiger partial charge is 0.454 e. The van der Waals surface area contributed by atoms with Crippen molar-refractivity contribution >= 4 is 11.7 Å². The first-order valence-corrected chi connectivity index (χ1v) is 8.28. The zero-order valence-corrected chi connectivity index (χ0v) is 13.5. The molecule has 0 saturated heterocycles. The monoisotopic (exact) mass is 320 g/mol. The number of aliphatic hydroxyl groups excluding tert-OH is 1. The van der Waals surface area contributed by atoms with E-state index < -0.39 is 0 Å². The van der Waals surface area contributed by atoms with Gasteiger partial charge in [0.1, 0.15) is 0 Å². The smallest absolute Gasteiger partial charge is 0.322 e. The van der Waals surface area contributed by atoms with Crippen LogP contribution in [0.5, 0.6) is 11.5 Å². The second kappa shape index (κ2) is 7.08. The van der Waals surface area contributed by atoms with Crippen molar-refractivity contribution in [1.82, 2.24) is 4.90 Å². The molecule has 6 nitrogen and oxygen atoms in total. The highest BCUT2D eigenvalue weighted by Crippen LogP contribution is 2.37. The number of urea groups is 1. The molecule has 0 bridgehead atoms. The molecule has 1 heterocycles. The number of ether oxygens (including phenoxy) is 2. The summed E-state index contributed by atoms with van der Waals surface area (Å²) >= 11 is 0. The van der Waals surface area contributed by atoms with Gasteiger partial charge in [-0.05, 0) is 31.4 Å². The Bertz CT molecular complexity index is 570. The average molecular weight is 320 g/mol. The Hall–Kier alpha value is -1.95. The summed E-state index contributed by atoms with van der Waals surface area (Å²) in [5, 5.41) is 12.3. The number of anilines is 1. The van der Waals surface area contributed by atoms with Crippen LogP contribution in [-0.4, -0.2) is 42.0 Å². The summed E-state index contributed by atoms with van der Waals surface area (Å²) in [6, 6.07) is 3.72. The van der Waals surface area contributed by atoms with Crippen LogP contribution in [0.25, 0.3) is 0 Å². The van der Waals surface area contributed by atoms with Crippen molar-refractivity contribution in [2.24, 2.45) is 0 Å². The molecule has 3 rings (SSSR count). The topological polar surface area (TPSA) is 71.0 Å². The van der Waals surface area contributed by atoms with Crippen molar-refractivity contribution in [1.29, 1.82) is 0 Å². The zero-order chi connectivity index (χ0) is 16.2. The Morgan fingerprint density at radius 3 is 2.65 bits per heavy atom. The lowest BCUT2D eigenvalue weighted by atomic mass is 9.94. The predicted molar refractivity (Wildman–Crippen MR) is 87.0 cm³/mol. The fraction of sp³-hybridized carbons (Fsp3) is 0.588. The normalized spacial score (nSPS) is 17.1. The van der Waals surface area contributed by atoms with Crippen LogP contribution < -0.4 is 14.8 Å². The van der Waals surface area contributed by atoms with E-state index in [-0.39, 0.29) is 25.5 Å². The van der Waals surface area contributed by atoms with Gasteiger partial charge in [-0.25, -0.2) is 4.79 Å². The Balaban J connectivity index is 1.73. The highest BCUT2D eigenvalue weighted by molar-refractivity contribution is 5.91. The van der Waals surface area contributed by atoms with Gasteiger partial charge < -0.3 is 24.8 Å². The van der Waals surface area contributed by atoms with Gasteiger partial charge in [-0.15, -0.1) is 0 Å². The second-order valence-corrected chi connectivity index (χ2v) is 6.16. The first kappa shape index (κ1) is 15.9. The highest BCUT2D eigenvalue weighted by atomic mass is 16.7. The highest BCUT2D eigenvalue weighted by Gasteiger charge is 2.26. The molecule has 1 fully saturated rings. The molecule has 1 saturated carbocycles. The fourth-order valence-electron chi connectivity index (χ4n) is 3.32. The van der Waals surface area contributed by atoms with Crippen LogP contribution in [0.2, 0.25) is 0 Å². The number of nitrogens with zero attached hydrogens (tertiary/aromatic N) is 1. The summed E-state index contributed by atoms with van der Waals surface area (Å²) < 4.78 is 10.7. The number of amides is 2. The lowest BCUT2D eigenvalue weighted by Gasteiger charge is -2.34. The molecule has 1 aromatic carbocycles. The van der Waals surface area contributed by atoms with Gasteiger partial charge in [-0.2, -0.15) is 0 Å². The summed E-state index contributed by atoms with van der Waals surface area (Å²) in [7, 11) is 0. The Morgan fingerprint density at radius 1 is 1.26 bits per heavy atom. The van der Waals surface area contributed by atoms with Crippen molar-refractivity contribution in [3.8, 4) is 11.5 Å². The van der Waals surface area contributed by atoms with Gasteiger partial charge in [0.05, 0.1) is 6.61 Å². The molecule has 1 aliphatic carbocycles. The number of nitrogens with one attached hydrogen (secondary N) is 1. The van der Waals surface area contributed by atoms with E-state index in [0.717, 1.165) is 36.9 Å². The van der Waals surface area contributed by atoms with Crippen LogP contribution in [-0.2, 0) is 0 Å². The maximum atomic E-state index is 12.7. The quantitative estimate of drug-likeness (QED) is 0.895. The molecule has 0 radical (unpaired) electrons. The van der Waals surface area contributed by atoms with E-state index in [4.69, 9.17) is 9.47 Å². The minimum absolute atomic E-state index is 0.0238. The molecule has 2 N–H and O–H groups in total. The lowest BCUT2D eigenvalue weighted by molar-refractivity contribution is 0.144. The molecule has 23 heavy (non-hydrogen) atoms. The molecule has 2 aliphatic rings. The summed E-state index contributed by atoms with van der Waals surface area (Å²) in [4.78, 5) is 14.5. The number of aliphatic hydroxyl groups is 1. The van der Waals surface area contributed by atoms with Gasteiger partial charge in [0.25, 0.3) is 0 Å². The van der Waals surface area contributed by atoms with E-state index in [9.17, 15) is 9.90 Å². The maximum absolute atomic E-state index is 12.7. The number of hydrogen-bond donors (Lipinski definition) is 2. The van der Waals surface area contributed by atoms with E-state index in [0.29, 0.717) is 18.0 Å². The number of carbonyl (C=O) groups excluding carboxylic acids is 1. The molecule has 126 valence electrons. The van der Waals surface area contributed by atoms with Gasteiger partial charge in [0.15, 0.2) is 11.5 Å². The fourth-order valence-corrected chi connectivity index (χ4v) is 3.32. The van der Waals surface area contributed by atoms with Crippen molar-refractivity contribution in [3.63, 3.8) is 0 Å². The van der Waals surface area contributed by atoms with Gasteiger partial charge >= 0.3 is 6.03 Å². The second-order valence-electron chi connectivity index (χ2n) is 6.16. The maximum Gasteiger partial charge on any atom is 0.322 e. The first-order valence-electron chi connectivity index (χ1n) is 8.28. The third-order valence-electron chi connectivity index (χ3n) is 4.58. The molecule has 6 heteroatoms. The average Bonchev–Trinajstić information content (AvgIpc) is 3.00. The molecule has 0 spiro atoms. The third kappa shape index (κ3) is 3.52. The van der Waals surface area contributed by atoms with Gasteiger partial charge in [0, 0.05) is 24.3 Å². The summed E-state index contributed by atoms with van der Waals surface area (Å²) in [6.07, 6.45) is 5.53. The van der Waals surface area contributed by atoms with Crippen LogP contribution in [0.3, 0.4) is 0 Å². The van der Waals surface area contributed by atoms with Crippen LogP contribution >= 0.6 is 0 Å². The number of benzene rings is 1. The minimum Gasteiger partial charge on any atom is -0.454 e. The first-order chi connectivity index (χ1) is 11.2. The SMILES string of the molecule is Cc1cc2c(cc1NC(=O)N(CCO)C1CCCCC1)OCO2. The standard InChI is InChI=1S/C17H24N2O4/c1-12-9-15-16(23-11-22-15)10-14(12)18-17(21)19(7-8-20)13-5-3-2-4-6-13/h9-10,13,20H,2-8,11H2,1H3,(H,18,21). The van der Waals surface area contributed by atoms with Gasteiger partial charge in [-0.3, -0.25) is 0 Å². The van der Waals surface area contributed by atoms with Crippen molar-refractivity contribution < 1.29 is 19.4 Å². The minimum atomic E-state index is -0.159. The van der Waals surface area contributed by atoms with Crippen LogP contribution in [0.4, 0.5) is 10.5 Å². The van der Waals surface area contributed by atoms with Gasteiger partial charge in [0.2, 0.25) is 6.79 Å². The zero-order valence-electron chi connectivity index (χ0n) is 13.5. The Morgan fingerprint density at radius 2 is 1.96 bits per heavy atom. The van der Waals surface area contributed by atoms with E-state index in [1.54, 1.807) is 11.0 Å². The number of rotatable bonds is 4. The van der Waals surface area contributed by atoms with Crippen molar-refractivity contribution in [3.05, 3.63) is 17.7 Å². The molecule has 0 aromatic heterocycles. The summed E-state index contributed by atoms with van der Waals surface area (Å²) in [6.45, 7) is 2.48. The van der Waals surface area contributed by atoms with E-state index in [1.807, 2.05) is 13.0 Å². The number of aryl methyl sites for hydroxylation is 1. The molecule has 1 aromatic rings. The van der Waals surface area contributed by atoms with Crippen LogP contribution in [0.1, 0.15) is 37.7 Å². The van der Waals surface area contributed by atoms with Crippen molar-refractivity contribution in [2.75, 3.05) is 25.3 Å². The molecule has 1 aliphatic heterocycles. The lowest BCUT2D eigenvalue weighted by Crippen LogP contribution is -2.45. The molecular formula is C17H24N2O4. The van der Waals surface area contributed by atoms with Crippen LogP contribution in [0, 0.1) is 6.92 Å². The van der Waals surface area contributed by atoms with E-state index in [2.05, 4.69) is 5.32 Å². The van der Waals surface area contributed by atoms with Gasteiger partial charge in [-0.1, -0.05) is 19.3 Å². The summed E-state index contributed by atoms with van der Waals surface area (Å²) in [5.41, 5.74) is 1.65. The van der Waals surface area contributed by atoms with E-state index in [1.165, 1.54) is 6.42 Å². The van der Waals surface area contributed by atoms with Crippen molar-refractivity contribution in [2.45, 2.75) is 45.1 Å². The Kier molecular flexibility index (Phi) is 4.91. The number of hydrogen-bond acceptors (Lipinski definition) is 4. The number of carbonyl (C=O) groups is 1. The summed E-state index contributed by atoms with van der Waals surface area (Å²) in [5.74, 6) is 1.36. The third-order valence-corrected chi connectivity index (χ3v) is 4.58. The predicted octanol–water partition coefficient (Wildman–Crippen LogP) is 2.88. The Labute approximate surface area is 136 Å². The molecule has 0 unspecified atom stereocenters. The molecule has 2 amide bonds.